The summed E-state index contributed by atoms with van der Waals surface area (Å²) in [5.41, 5.74) is 0.773. The van der Waals surface area contributed by atoms with Crippen molar-refractivity contribution in [3.8, 4) is 5.75 Å². The van der Waals surface area contributed by atoms with Crippen LogP contribution in [0.25, 0.3) is 0 Å². The highest BCUT2D eigenvalue weighted by molar-refractivity contribution is 5.78. The molecule has 4 heteroatoms. The molecule has 0 unspecified atom stereocenters. The van der Waals surface area contributed by atoms with Gasteiger partial charge in [-0.15, -0.1) is 0 Å². The van der Waals surface area contributed by atoms with E-state index in [0.29, 0.717) is 5.75 Å². The molecule has 0 heterocycles. The summed E-state index contributed by atoms with van der Waals surface area (Å²) in [6.45, 7) is 1.63. The third-order valence-corrected chi connectivity index (χ3v) is 2.40. The number of carboxylic acid groups (broad SMARTS) is 1. The number of carboxylic acids is 1. The van der Waals surface area contributed by atoms with Gasteiger partial charge in [-0.3, -0.25) is 0 Å². The van der Waals surface area contributed by atoms with Gasteiger partial charge in [0.2, 0.25) is 0 Å². The fourth-order valence-electron chi connectivity index (χ4n) is 1.30. The number of para-hydroxylation sites is 2. The van der Waals surface area contributed by atoms with Gasteiger partial charge in [0.25, 0.3) is 0 Å². The van der Waals surface area contributed by atoms with Gasteiger partial charge >= 0.3 is 5.97 Å². The molecule has 0 saturated carbocycles. The molecule has 0 aliphatic rings. The first kappa shape index (κ1) is 11.4. The highest BCUT2D eigenvalue weighted by atomic mass is 16.5. The SMILES string of the molecule is COc1ccccc1N(C)[C@@H](C)C(=O)O. The highest BCUT2D eigenvalue weighted by Crippen LogP contribution is 2.27. The van der Waals surface area contributed by atoms with E-state index in [-0.39, 0.29) is 0 Å². The zero-order chi connectivity index (χ0) is 11.4. The monoisotopic (exact) mass is 209 g/mol. The average molecular weight is 209 g/mol. The second-order valence-corrected chi connectivity index (χ2v) is 3.30. The summed E-state index contributed by atoms with van der Waals surface area (Å²) in [4.78, 5) is 12.5. The molecule has 1 N–H and O–H groups in total. The Morgan fingerprint density at radius 2 is 2.07 bits per heavy atom. The van der Waals surface area contributed by atoms with Crippen molar-refractivity contribution in [3.05, 3.63) is 24.3 Å². The number of likely N-dealkylation sites (N-methyl/N-ethyl adjacent to an activating group) is 1. The van der Waals surface area contributed by atoms with Crippen LogP contribution in [-0.4, -0.2) is 31.3 Å². The Morgan fingerprint density at radius 1 is 1.47 bits per heavy atom. The summed E-state index contributed by atoms with van der Waals surface area (Å²) in [6, 6.07) is 6.75. The van der Waals surface area contributed by atoms with Crippen LogP contribution in [-0.2, 0) is 4.79 Å². The third-order valence-electron chi connectivity index (χ3n) is 2.40. The number of carbonyl (C=O) groups is 1. The number of benzene rings is 1. The summed E-state index contributed by atoms with van der Waals surface area (Å²) in [5, 5.41) is 8.89. The normalized spacial score (nSPS) is 11.9. The predicted molar refractivity (Wildman–Crippen MR) is 58.5 cm³/mol. The number of aliphatic carboxylic acids is 1. The molecule has 1 atom stereocenters. The molecule has 0 fully saturated rings. The fourth-order valence-corrected chi connectivity index (χ4v) is 1.30. The van der Waals surface area contributed by atoms with E-state index >= 15 is 0 Å². The van der Waals surface area contributed by atoms with E-state index in [1.807, 2.05) is 18.2 Å². The summed E-state index contributed by atoms with van der Waals surface area (Å²) < 4.78 is 5.16. The highest BCUT2D eigenvalue weighted by Gasteiger charge is 2.19. The van der Waals surface area contributed by atoms with Gasteiger partial charge in [-0.25, -0.2) is 4.79 Å². The Bertz CT molecular complexity index is 351. The van der Waals surface area contributed by atoms with Gasteiger partial charge in [0.05, 0.1) is 12.8 Å². The minimum Gasteiger partial charge on any atom is -0.495 e. The van der Waals surface area contributed by atoms with Crippen LogP contribution >= 0.6 is 0 Å². The maximum Gasteiger partial charge on any atom is 0.326 e. The van der Waals surface area contributed by atoms with Gasteiger partial charge in [0, 0.05) is 7.05 Å². The fraction of sp³-hybridized carbons (Fsp3) is 0.364. The summed E-state index contributed by atoms with van der Waals surface area (Å²) in [7, 11) is 3.30. The van der Waals surface area contributed by atoms with Gasteiger partial charge < -0.3 is 14.7 Å². The van der Waals surface area contributed by atoms with Gasteiger partial charge in [-0.1, -0.05) is 12.1 Å². The Balaban J connectivity index is 2.99. The number of nitrogens with zero attached hydrogens (tertiary/aromatic N) is 1. The molecule has 82 valence electrons. The van der Waals surface area contributed by atoms with Crippen LogP contribution < -0.4 is 9.64 Å². The lowest BCUT2D eigenvalue weighted by atomic mass is 10.2. The van der Waals surface area contributed by atoms with Crippen molar-refractivity contribution >= 4 is 11.7 Å². The molecule has 1 aromatic rings. The van der Waals surface area contributed by atoms with Crippen LogP contribution in [0.15, 0.2) is 24.3 Å². The molecule has 0 saturated heterocycles. The molecule has 1 aromatic carbocycles. The number of hydrogen-bond acceptors (Lipinski definition) is 3. The number of anilines is 1. The van der Waals surface area contributed by atoms with E-state index in [1.54, 1.807) is 32.0 Å². The van der Waals surface area contributed by atoms with Gasteiger partial charge in [-0.05, 0) is 19.1 Å². The first-order valence-electron chi connectivity index (χ1n) is 4.66. The zero-order valence-corrected chi connectivity index (χ0v) is 9.10. The maximum atomic E-state index is 10.8. The molecule has 0 amide bonds. The smallest absolute Gasteiger partial charge is 0.326 e. The molecule has 0 radical (unpaired) electrons. The van der Waals surface area contributed by atoms with Crippen molar-refractivity contribution in [2.75, 3.05) is 19.1 Å². The first-order valence-corrected chi connectivity index (χ1v) is 4.66. The third kappa shape index (κ3) is 2.40. The largest absolute Gasteiger partial charge is 0.495 e. The van der Waals surface area contributed by atoms with Crippen molar-refractivity contribution in [2.45, 2.75) is 13.0 Å². The molecule has 0 aliphatic heterocycles. The Hall–Kier alpha value is -1.71. The van der Waals surface area contributed by atoms with E-state index in [1.165, 1.54) is 0 Å². The van der Waals surface area contributed by atoms with E-state index in [4.69, 9.17) is 9.84 Å². The van der Waals surface area contributed by atoms with Crippen LogP contribution in [0.2, 0.25) is 0 Å². The Morgan fingerprint density at radius 3 is 2.60 bits per heavy atom. The minimum atomic E-state index is -0.858. The van der Waals surface area contributed by atoms with Crippen LogP contribution in [0.4, 0.5) is 5.69 Å². The molecule has 1 rings (SSSR count). The van der Waals surface area contributed by atoms with E-state index in [0.717, 1.165) is 5.69 Å². The first-order chi connectivity index (χ1) is 7.07. The molecule has 0 spiro atoms. The standard InChI is InChI=1S/C11H15NO3/c1-8(11(13)14)12(2)9-6-4-5-7-10(9)15-3/h4-8H,1-3H3,(H,13,14)/t8-/m0/s1. The molecular weight excluding hydrogens is 194 g/mol. The van der Waals surface area contributed by atoms with E-state index < -0.39 is 12.0 Å². The zero-order valence-electron chi connectivity index (χ0n) is 9.10. The second kappa shape index (κ2) is 4.68. The quantitative estimate of drug-likeness (QED) is 0.818. The van der Waals surface area contributed by atoms with Crippen LogP contribution in [0.1, 0.15) is 6.92 Å². The number of hydrogen-bond donors (Lipinski definition) is 1. The van der Waals surface area contributed by atoms with Gasteiger partial charge in [0.15, 0.2) is 0 Å². The lowest BCUT2D eigenvalue weighted by molar-refractivity contribution is -0.138. The lowest BCUT2D eigenvalue weighted by Gasteiger charge is -2.25. The lowest BCUT2D eigenvalue weighted by Crippen LogP contribution is -2.35. The minimum absolute atomic E-state index is 0.582. The Labute approximate surface area is 89.1 Å². The predicted octanol–water partition coefficient (Wildman–Crippen LogP) is 1.60. The van der Waals surface area contributed by atoms with E-state index in [2.05, 4.69) is 0 Å². The Kier molecular flexibility index (Phi) is 3.55. The summed E-state index contributed by atoms with van der Waals surface area (Å²) in [5.74, 6) is -0.184. The van der Waals surface area contributed by atoms with Crippen molar-refractivity contribution in [2.24, 2.45) is 0 Å². The second-order valence-electron chi connectivity index (χ2n) is 3.30. The van der Waals surface area contributed by atoms with Crippen molar-refractivity contribution in [1.82, 2.24) is 0 Å². The van der Waals surface area contributed by atoms with Crippen LogP contribution in [0.5, 0.6) is 5.75 Å². The van der Waals surface area contributed by atoms with Crippen LogP contribution in [0.3, 0.4) is 0 Å². The van der Waals surface area contributed by atoms with E-state index in [9.17, 15) is 4.79 Å². The number of ether oxygens (including phenoxy) is 1. The molecule has 0 aromatic heterocycles. The van der Waals surface area contributed by atoms with Crippen molar-refractivity contribution in [3.63, 3.8) is 0 Å². The van der Waals surface area contributed by atoms with Gasteiger partial charge in [0.1, 0.15) is 11.8 Å². The van der Waals surface area contributed by atoms with Crippen LogP contribution in [0, 0.1) is 0 Å². The van der Waals surface area contributed by atoms with Crippen molar-refractivity contribution < 1.29 is 14.6 Å². The molecule has 15 heavy (non-hydrogen) atoms. The number of methoxy groups -OCH3 is 1. The molecule has 0 aliphatic carbocycles. The molecule has 4 nitrogen and oxygen atoms in total. The van der Waals surface area contributed by atoms with Crippen molar-refractivity contribution in [1.29, 1.82) is 0 Å². The van der Waals surface area contributed by atoms with Gasteiger partial charge in [-0.2, -0.15) is 0 Å². The topological polar surface area (TPSA) is 49.8 Å². The summed E-state index contributed by atoms with van der Waals surface area (Å²) in [6.07, 6.45) is 0. The average Bonchev–Trinajstić information content (AvgIpc) is 2.26. The molecule has 0 bridgehead atoms. The summed E-state index contributed by atoms with van der Waals surface area (Å²) >= 11 is 0. The maximum absolute atomic E-state index is 10.8. The number of rotatable bonds is 4. The molecular formula is C11H15NO3.